The van der Waals surface area contributed by atoms with Crippen molar-refractivity contribution in [2.24, 2.45) is 11.5 Å². The Labute approximate surface area is 180 Å². The first-order chi connectivity index (χ1) is 14.0. The second-order valence-electron chi connectivity index (χ2n) is 6.82. The smallest absolute Gasteiger partial charge is 0.231 e. The van der Waals surface area contributed by atoms with Crippen LogP contribution >= 0.6 is 23.2 Å². The molecule has 2 aromatic carbocycles. The van der Waals surface area contributed by atoms with Gasteiger partial charge in [-0.25, -0.2) is 0 Å². The van der Waals surface area contributed by atoms with Crippen molar-refractivity contribution in [3.05, 3.63) is 87.5 Å². The van der Waals surface area contributed by atoms with Gasteiger partial charge in [0.1, 0.15) is 5.92 Å². The van der Waals surface area contributed by atoms with Gasteiger partial charge in [-0.1, -0.05) is 59.6 Å². The van der Waals surface area contributed by atoms with Gasteiger partial charge in [0.05, 0.1) is 11.4 Å². The van der Waals surface area contributed by atoms with Gasteiger partial charge in [0.15, 0.2) is 0 Å². The van der Waals surface area contributed by atoms with Crippen molar-refractivity contribution < 1.29 is 4.79 Å². The summed E-state index contributed by atoms with van der Waals surface area (Å²) in [6.45, 7) is 0.675. The summed E-state index contributed by atoms with van der Waals surface area (Å²) >= 11 is 12.7. The zero-order valence-corrected chi connectivity index (χ0v) is 17.5. The maximum Gasteiger partial charge on any atom is 0.231 e. The van der Waals surface area contributed by atoms with Crippen LogP contribution in [0.1, 0.15) is 35.6 Å². The van der Waals surface area contributed by atoms with E-state index in [0.29, 0.717) is 27.8 Å². The summed E-state index contributed by atoms with van der Waals surface area (Å²) in [4.78, 5) is 17.1. The predicted octanol–water partition coefficient (Wildman–Crippen LogP) is 4.95. The highest BCUT2D eigenvalue weighted by molar-refractivity contribution is 6.36. The molecule has 0 saturated carbocycles. The van der Waals surface area contributed by atoms with Crippen molar-refractivity contribution in [2.75, 3.05) is 6.54 Å². The lowest BCUT2D eigenvalue weighted by Crippen LogP contribution is -2.24. The molecule has 1 heterocycles. The lowest BCUT2D eigenvalue weighted by molar-refractivity contribution is -0.118. The summed E-state index contributed by atoms with van der Waals surface area (Å²) in [5.41, 5.74) is 15.3. The molecule has 3 rings (SSSR count). The quantitative estimate of drug-likeness (QED) is 0.498. The van der Waals surface area contributed by atoms with Crippen molar-refractivity contribution >= 4 is 29.1 Å². The molecule has 4 nitrogen and oxygen atoms in total. The van der Waals surface area contributed by atoms with Crippen LogP contribution in [0.4, 0.5) is 0 Å². The van der Waals surface area contributed by atoms with E-state index in [1.807, 2.05) is 30.3 Å². The lowest BCUT2D eigenvalue weighted by atomic mass is 9.93. The summed E-state index contributed by atoms with van der Waals surface area (Å²) in [5, 5.41) is 0.770. The summed E-state index contributed by atoms with van der Waals surface area (Å²) in [5.74, 6) is -1.39. The zero-order valence-electron chi connectivity index (χ0n) is 15.9. The Morgan fingerprint density at radius 2 is 1.62 bits per heavy atom. The topological polar surface area (TPSA) is 82.0 Å². The number of rotatable bonds is 8. The van der Waals surface area contributed by atoms with E-state index in [1.54, 1.807) is 24.3 Å². The van der Waals surface area contributed by atoms with Gasteiger partial charge in [0.2, 0.25) is 5.91 Å². The SMILES string of the molecule is NCCCCc1ccccc1-c1cccc(C(C(N)=O)c2c(Cl)cccc2Cl)n1. The number of carbonyl (C=O) groups is 1. The molecular weight excluding hydrogens is 405 g/mol. The molecule has 3 aromatic rings. The third kappa shape index (κ3) is 4.96. The van der Waals surface area contributed by atoms with Crippen LogP contribution in [0.3, 0.4) is 0 Å². The number of unbranched alkanes of at least 4 members (excludes halogenated alkanes) is 1. The molecule has 0 aliphatic heterocycles. The number of nitrogens with zero attached hydrogens (tertiary/aromatic N) is 1. The van der Waals surface area contributed by atoms with E-state index in [-0.39, 0.29) is 0 Å². The third-order valence-electron chi connectivity index (χ3n) is 4.83. The molecule has 150 valence electrons. The fraction of sp³-hybridized carbons (Fsp3) is 0.217. The number of pyridine rings is 1. The predicted molar refractivity (Wildman–Crippen MR) is 119 cm³/mol. The highest BCUT2D eigenvalue weighted by atomic mass is 35.5. The minimum absolute atomic E-state index is 0.385. The summed E-state index contributed by atoms with van der Waals surface area (Å²) in [6, 6.07) is 18.8. The minimum Gasteiger partial charge on any atom is -0.369 e. The number of amides is 1. The average molecular weight is 428 g/mol. The highest BCUT2D eigenvalue weighted by Crippen LogP contribution is 2.36. The van der Waals surface area contributed by atoms with Gasteiger partial charge in [-0.3, -0.25) is 9.78 Å². The molecule has 1 amide bonds. The monoisotopic (exact) mass is 427 g/mol. The first-order valence-electron chi connectivity index (χ1n) is 9.51. The molecule has 4 N–H and O–H groups in total. The fourth-order valence-corrected chi connectivity index (χ4v) is 4.05. The van der Waals surface area contributed by atoms with E-state index in [4.69, 9.17) is 39.7 Å². The second-order valence-corrected chi connectivity index (χ2v) is 7.64. The molecular formula is C23H23Cl2N3O. The van der Waals surface area contributed by atoms with E-state index < -0.39 is 11.8 Å². The van der Waals surface area contributed by atoms with Crippen LogP contribution in [-0.4, -0.2) is 17.4 Å². The van der Waals surface area contributed by atoms with Crippen LogP contribution in [0, 0.1) is 0 Å². The van der Waals surface area contributed by atoms with Gasteiger partial charge in [0.25, 0.3) is 0 Å². The van der Waals surface area contributed by atoms with E-state index in [0.717, 1.165) is 30.5 Å². The molecule has 0 fully saturated rings. The number of hydrogen-bond acceptors (Lipinski definition) is 3. The Hall–Kier alpha value is -2.40. The fourth-order valence-electron chi connectivity index (χ4n) is 3.43. The van der Waals surface area contributed by atoms with Gasteiger partial charge in [0, 0.05) is 21.2 Å². The summed E-state index contributed by atoms with van der Waals surface area (Å²) < 4.78 is 0. The maximum atomic E-state index is 12.3. The number of primary amides is 1. The largest absolute Gasteiger partial charge is 0.369 e. The van der Waals surface area contributed by atoms with Gasteiger partial charge in [-0.15, -0.1) is 0 Å². The van der Waals surface area contributed by atoms with E-state index in [1.165, 1.54) is 5.56 Å². The zero-order chi connectivity index (χ0) is 20.8. The molecule has 0 spiro atoms. The Kier molecular flexibility index (Phi) is 7.26. The molecule has 0 aliphatic carbocycles. The molecule has 1 aromatic heterocycles. The van der Waals surface area contributed by atoms with Crippen LogP contribution < -0.4 is 11.5 Å². The third-order valence-corrected chi connectivity index (χ3v) is 5.49. The van der Waals surface area contributed by atoms with Crippen molar-refractivity contribution in [1.29, 1.82) is 0 Å². The number of hydrogen-bond donors (Lipinski definition) is 2. The molecule has 1 atom stereocenters. The molecule has 0 aliphatic rings. The number of benzene rings is 2. The maximum absolute atomic E-state index is 12.3. The minimum atomic E-state index is -0.833. The van der Waals surface area contributed by atoms with Crippen LogP contribution in [-0.2, 0) is 11.2 Å². The van der Waals surface area contributed by atoms with Crippen molar-refractivity contribution in [1.82, 2.24) is 4.98 Å². The van der Waals surface area contributed by atoms with Crippen molar-refractivity contribution in [2.45, 2.75) is 25.2 Å². The van der Waals surface area contributed by atoms with Crippen LogP contribution in [0.2, 0.25) is 10.0 Å². The first-order valence-corrected chi connectivity index (χ1v) is 10.3. The molecule has 6 heteroatoms. The lowest BCUT2D eigenvalue weighted by Gasteiger charge is -2.18. The van der Waals surface area contributed by atoms with Crippen LogP contribution in [0.25, 0.3) is 11.3 Å². The number of carbonyl (C=O) groups excluding carboxylic acids is 1. The number of halogens is 2. The van der Waals surface area contributed by atoms with Crippen molar-refractivity contribution in [3.8, 4) is 11.3 Å². The highest BCUT2D eigenvalue weighted by Gasteiger charge is 2.27. The Morgan fingerprint density at radius 3 is 2.31 bits per heavy atom. The van der Waals surface area contributed by atoms with Gasteiger partial charge >= 0.3 is 0 Å². The standard InChI is InChI=1S/C23H23Cl2N3O/c24-17-10-5-11-18(25)21(17)22(23(27)29)20-13-6-12-19(28-20)16-9-2-1-7-15(16)8-3-4-14-26/h1-2,5-7,9-13,22H,3-4,8,14,26H2,(H2,27,29). The normalized spacial score (nSPS) is 12.0. The van der Waals surface area contributed by atoms with Gasteiger partial charge in [-0.2, -0.15) is 0 Å². The second kappa shape index (κ2) is 9.88. The number of aromatic nitrogens is 1. The molecule has 1 unspecified atom stereocenters. The van der Waals surface area contributed by atoms with Crippen LogP contribution in [0.5, 0.6) is 0 Å². The van der Waals surface area contributed by atoms with Crippen molar-refractivity contribution in [3.63, 3.8) is 0 Å². The average Bonchev–Trinajstić information content (AvgIpc) is 2.71. The Bertz CT molecular complexity index is 987. The van der Waals surface area contributed by atoms with Gasteiger partial charge in [-0.05, 0) is 55.6 Å². The summed E-state index contributed by atoms with van der Waals surface area (Å²) in [7, 11) is 0. The Morgan fingerprint density at radius 1 is 0.931 bits per heavy atom. The van der Waals surface area contributed by atoms with E-state index in [2.05, 4.69) is 6.07 Å². The molecule has 0 saturated heterocycles. The van der Waals surface area contributed by atoms with E-state index in [9.17, 15) is 4.79 Å². The first kappa shape index (κ1) is 21.3. The van der Waals surface area contributed by atoms with E-state index >= 15 is 0 Å². The Balaban J connectivity index is 2.04. The summed E-state index contributed by atoms with van der Waals surface area (Å²) in [6.07, 6.45) is 2.89. The molecule has 0 radical (unpaired) electrons. The number of nitrogens with two attached hydrogens (primary N) is 2. The number of aryl methyl sites for hydroxylation is 1. The van der Waals surface area contributed by atoms with Crippen LogP contribution in [0.15, 0.2) is 60.7 Å². The van der Waals surface area contributed by atoms with Gasteiger partial charge < -0.3 is 11.5 Å². The molecule has 0 bridgehead atoms. The molecule has 29 heavy (non-hydrogen) atoms.